The van der Waals surface area contributed by atoms with E-state index in [-0.39, 0.29) is 17.5 Å². The third-order valence-corrected chi connectivity index (χ3v) is 4.85. The van der Waals surface area contributed by atoms with Crippen molar-refractivity contribution in [1.29, 1.82) is 0 Å². The largest absolute Gasteiger partial charge is 0.451 e. The lowest BCUT2D eigenvalue weighted by Crippen LogP contribution is -2.25. The number of anilines is 1. The maximum atomic E-state index is 13.9. The van der Waals surface area contributed by atoms with Gasteiger partial charge in [0.1, 0.15) is 11.6 Å². The molecule has 0 aliphatic carbocycles. The van der Waals surface area contributed by atoms with Crippen LogP contribution in [0.5, 0.6) is 0 Å². The number of carbonyl (C=O) groups is 1. The van der Waals surface area contributed by atoms with Gasteiger partial charge < -0.3 is 14.6 Å². The number of para-hydroxylation sites is 1. The monoisotopic (exact) mass is 364 g/mol. The summed E-state index contributed by atoms with van der Waals surface area (Å²) in [7, 11) is 0. The number of benzene rings is 2. The first-order valence-corrected chi connectivity index (χ1v) is 9.18. The fourth-order valence-corrected chi connectivity index (χ4v) is 3.46. The van der Waals surface area contributed by atoms with Crippen molar-refractivity contribution in [3.63, 3.8) is 0 Å². The lowest BCUT2D eigenvalue weighted by atomic mass is 10.1. The number of furan rings is 1. The lowest BCUT2D eigenvalue weighted by molar-refractivity contribution is 0.0924. The van der Waals surface area contributed by atoms with Gasteiger partial charge in [-0.05, 0) is 48.7 Å². The molecule has 5 heteroatoms. The first-order valence-electron chi connectivity index (χ1n) is 9.18. The third kappa shape index (κ3) is 3.72. The van der Waals surface area contributed by atoms with E-state index in [9.17, 15) is 9.18 Å². The normalized spacial score (nSPS) is 13.7. The van der Waals surface area contributed by atoms with E-state index in [4.69, 9.17) is 4.42 Å². The standard InChI is InChI=1S/C22H21FN2O2/c23-18-9-3-2-8-17(18)20-11-12-21(27-20)22(26)24-15-16-7-1-4-10-19(16)25-13-5-6-14-25/h1-4,7-12H,5-6,13-15H2,(H,24,26). The van der Waals surface area contributed by atoms with Crippen LogP contribution in [0.15, 0.2) is 65.1 Å². The van der Waals surface area contributed by atoms with Crippen LogP contribution < -0.4 is 10.2 Å². The lowest BCUT2D eigenvalue weighted by Gasteiger charge is -2.21. The molecule has 2 aromatic carbocycles. The smallest absolute Gasteiger partial charge is 0.287 e. The average Bonchev–Trinajstić information content (AvgIpc) is 3.39. The van der Waals surface area contributed by atoms with Crippen LogP contribution in [0.25, 0.3) is 11.3 Å². The van der Waals surface area contributed by atoms with Crippen LogP contribution in [0.4, 0.5) is 10.1 Å². The Hall–Kier alpha value is -3.08. The number of halogens is 1. The van der Waals surface area contributed by atoms with Gasteiger partial charge in [-0.1, -0.05) is 30.3 Å². The van der Waals surface area contributed by atoms with Gasteiger partial charge in [-0.15, -0.1) is 0 Å². The highest BCUT2D eigenvalue weighted by Crippen LogP contribution is 2.26. The van der Waals surface area contributed by atoms with E-state index in [0.717, 1.165) is 18.7 Å². The van der Waals surface area contributed by atoms with Crippen molar-refractivity contribution in [1.82, 2.24) is 5.32 Å². The van der Waals surface area contributed by atoms with Crippen LogP contribution in [0.2, 0.25) is 0 Å². The first-order chi connectivity index (χ1) is 13.2. The fraction of sp³-hybridized carbons (Fsp3) is 0.227. The molecule has 0 spiro atoms. The molecule has 1 saturated heterocycles. The Labute approximate surface area is 157 Å². The van der Waals surface area contributed by atoms with Crippen molar-refractivity contribution >= 4 is 11.6 Å². The zero-order valence-corrected chi connectivity index (χ0v) is 15.0. The molecule has 1 aliphatic rings. The summed E-state index contributed by atoms with van der Waals surface area (Å²) in [6.07, 6.45) is 2.40. The van der Waals surface area contributed by atoms with E-state index < -0.39 is 0 Å². The Bertz CT molecular complexity index is 945. The number of rotatable bonds is 5. The Morgan fingerprint density at radius 1 is 1.00 bits per heavy atom. The summed E-state index contributed by atoms with van der Waals surface area (Å²) in [5, 5.41) is 2.91. The zero-order valence-electron chi connectivity index (χ0n) is 15.0. The van der Waals surface area contributed by atoms with Crippen LogP contribution in [0.1, 0.15) is 29.0 Å². The van der Waals surface area contributed by atoms with E-state index in [1.807, 2.05) is 18.2 Å². The first kappa shape index (κ1) is 17.3. The predicted molar refractivity (Wildman–Crippen MR) is 103 cm³/mol. The van der Waals surface area contributed by atoms with Crippen LogP contribution in [0, 0.1) is 5.82 Å². The van der Waals surface area contributed by atoms with Gasteiger partial charge in [-0.25, -0.2) is 4.39 Å². The van der Waals surface area contributed by atoms with Gasteiger partial charge in [0.2, 0.25) is 0 Å². The van der Waals surface area contributed by atoms with Gasteiger partial charge in [0.15, 0.2) is 5.76 Å². The summed E-state index contributed by atoms with van der Waals surface area (Å²) < 4.78 is 19.5. The Kier molecular flexibility index (Phi) is 4.92. The van der Waals surface area contributed by atoms with Gasteiger partial charge in [0.05, 0.1) is 5.56 Å². The van der Waals surface area contributed by atoms with Crippen LogP contribution >= 0.6 is 0 Å². The molecule has 0 radical (unpaired) electrons. The second-order valence-electron chi connectivity index (χ2n) is 6.65. The van der Waals surface area contributed by atoms with E-state index in [2.05, 4.69) is 16.3 Å². The fourth-order valence-electron chi connectivity index (χ4n) is 3.46. The van der Waals surface area contributed by atoms with Gasteiger partial charge in [-0.3, -0.25) is 4.79 Å². The minimum atomic E-state index is -0.377. The summed E-state index contributed by atoms with van der Waals surface area (Å²) in [6, 6.07) is 17.7. The molecule has 3 aromatic rings. The minimum Gasteiger partial charge on any atom is -0.451 e. The molecule has 4 rings (SSSR count). The molecule has 1 fully saturated rings. The number of nitrogens with one attached hydrogen (secondary N) is 1. The van der Waals surface area contributed by atoms with Crippen molar-refractivity contribution in [3.8, 4) is 11.3 Å². The molecule has 27 heavy (non-hydrogen) atoms. The minimum absolute atomic E-state index is 0.173. The molecule has 0 unspecified atom stereocenters. The maximum absolute atomic E-state index is 13.9. The van der Waals surface area contributed by atoms with Gasteiger partial charge in [-0.2, -0.15) is 0 Å². The molecule has 1 aromatic heterocycles. The second-order valence-corrected chi connectivity index (χ2v) is 6.65. The number of hydrogen-bond donors (Lipinski definition) is 1. The van der Waals surface area contributed by atoms with Gasteiger partial charge in [0, 0.05) is 25.3 Å². The third-order valence-electron chi connectivity index (χ3n) is 4.85. The molecule has 2 heterocycles. The van der Waals surface area contributed by atoms with Gasteiger partial charge >= 0.3 is 0 Å². The molecule has 0 atom stereocenters. The van der Waals surface area contributed by atoms with E-state index in [0.29, 0.717) is 17.9 Å². The molecule has 0 saturated carbocycles. The zero-order chi connectivity index (χ0) is 18.6. The van der Waals surface area contributed by atoms with Crippen molar-refractivity contribution in [3.05, 3.63) is 77.8 Å². The second kappa shape index (κ2) is 7.66. The Morgan fingerprint density at radius 3 is 2.56 bits per heavy atom. The van der Waals surface area contributed by atoms with E-state index in [1.54, 1.807) is 30.3 Å². The highest BCUT2D eigenvalue weighted by atomic mass is 19.1. The van der Waals surface area contributed by atoms with Crippen LogP contribution in [-0.4, -0.2) is 19.0 Å². The molecule has 1 amide bonds. The maximum Gasteiger partial charge on any atom is 0.287 e. The molecule has 138 valence electrons. The average molecular weight is 364 g/mol. The van der Waals surface area contributed by atoms with E-state index in [1.165, 1.54) is 24.6 Å². The molecule has 4 nitrogen and oxygen atoms in total. The number of carbonyl (C=O) groups excluding carboxylic acids is 1. The van der Waals surface area contributed by atoms with Crippen molar-refractivity contribution in [2.24, 2.45) is 0 Å². The molecule has 1 N–H and O–H groups in total. The highest BCUT2D eigenvalue weighted by molar-refractivity contribution is 5.92. The summed E-state index contributed by atoms with van der Waals surface area (Å²) in [5.74, 6) is -0.171. The Morgan fingerprint density at radius 2 is 1.74 bits per heavy atom. The SMILES string of the molecule is O=C(NCc1ccccc1N1CCCC1)c1ccc(-c2ccccc2F)o1. The van der Waals surface area contributed by atoms with Crippen LogP contribution in [-0.2, 0) is 6.54 Å². The van der Waals surface area contributed by atoms with Crippen molar-refractivity contribution < 1.29 is 13.6 Å². The molecule has 0 bridgehead atoms. The predicted octanol–water partition coefficient (Wildman–Crippen LogP) is 4.62. The van der Waals surface area contributed by atoms with E-state index >= 15 is 0 Å². The van der Waals surface area contributed by atoms with Gasteiger partial charge in [0.25, 0.3) is 5.91 Å². The van der Waals surface area contributed by atoms with Crippen LogP contribution in [0.3, 0.4) is 0 Å². The summed E-state index contributed by atoms with van der Waals surface area (Å²) >= 11 is 0. The quantitative estimate of drug-likeness (QED) is 0.719. The number of hydrogen-bond acceptors (Lipinski definition) is 3. The number of amides is 1. The summed E-state index contributed by atoms with van der Waals surface area (Å²) in [5.41, 5.74) is 2.59. The molecular weight excluding hydrogens is 343 g/mol. The van der Waals surface area contributed by atoms with Crippen molar-refractivity contribution in [2.45, 2.75) is 19.4 Å². The summed E-state index contributed by atoms with van der Waals surface area (Å²) in [6.45, 7) is 2.52. The number of nitrogens with zero attached hydrogens (tertiary/aromatic N) is 1. The Balaban J connectivity index is 1.46. The van der Waals surface area contributed by atoms with Crippen molar-refractivity contribution in [2.75, 3.05) is 18.0 Å². The summed E-state index contributed by atoms with van der Waals surface area (Å²) in [4.78, 5) is 14.8. The highest BCUT2D eigenvalue weighted by Gasteiger charge is 2.17. The molecular formula is C22H21FN2O2. The topological polar surface area (TPSA) is 45.5 Å². The molecule has 1 aliphatic heterocycles.